The SMILES string of the molecule is CC(C)(C)[Si](C)(C)Oc1ccc2c(c1)[C@]13CCN(C[C@@H]4CCCN4C(=O)O)[C@H](C2)[C@]12CC[C@@H]1[C@H]3[C@@H](CN1C(=O)c1ccccc1)C2. The van der Waals surface area contributed by atoms with E-state index in [1.54, 1.807) is 4.90 Å². The zero-order chi connectivity index (χ0) is 32.2. The maximum Gasteiger partial charge on any atom is 0.407 e. The Morgan fingerprint density at radius 2 is 1.80 bits per heavy atom. The Kier molecular flexibility index (Phi) is 6.84. The number of piperidine rings is 1. The van der Waals surface area contributed by atoms with Gasteiger partial charge >= 0.3 is 6.09 Å². The van der Waals surface area contributed by atoms with E-state index < -0.39 is 14.4 Å². The Bertz CT molecular complexity index is 1560. The monoisotopic (exact) mass is 641 g/mol. The van der Waals surface area contributed by atoms with Crippen LogP contribution in [-0.4, -0.2) is 84.4 Å². The molecular formula is C38H51N3O4Si. The molecule has 3 heterocycles. The van der Waals surface area contributed by atoms with Crippen molar-refractivity contribution in [1.29, 1.82) is 0 Å². The van der Waals surface area contributed by atoms with Crippen LogP contribution >= 0.6 is 0 Å². The van der Waals surface area contributed by atoms with E-state index in [9.17, 15) is 14.7 Å². The van der Waals surface area contributed by atoms with Gasteiger partial charge in [0, 0.05) is 48.7 Å². The zero-order valence-corrected chi connectivity index (χ0v) is 29.3. The van der Waals surface area contributed by atoms with Gasteiger partial charge in [-0.05, 0) is 122 Å². The highest BCUT2D eigenvalue weighted by atomic mass is 28.4. The molecule has 5 fully saturated rings. The van der Waals surface area contributed by atoms with Crippen molar-refractivity contribution >= 4 is 20.3 Å². The third kappa shape index (κ3) is 4.17. The standard InChI is InChI=1S/C38H51N3O4Si/c1-36(2,3)46(4,5)45-29-14-13-26-20-32-37-16-15-31-33(27(22-37)23-41(31)34(42)25-10-7-6-8-11-25)38(37,30(26)21-29)17-19-39(32)24-28-12-9-18-40(28)35(43)44/h6-8,10-11,13-14,21,27-28,31-33H,9,12,15-20,22-24H2,1-5H3,(H,43,44)/t27-,28+,31-,32-,33-,37-,38+/m1/s1. The van der Waals surface area contributed by atoms with Crippen LogP contribution in [-0.2, 0) is 11.8 Å². The molecule has 2 aromatic carbocycles. The third-order valence-corrected chi connectivity index (χ3v) is 18.5. The summed E-state index contributed by atoms with van der Waals surface area (Å²) in [5.74, 6) is 2.15. The van der Waals surface area contributed by atoms with Crippen LogP contribution in [0.2, 0.25) is 18.1 Å². The number of carbonyl (C=O) groups excluding carboxylic acids is 1. The fourth-order valence-electron chi connectivity index (χ4n) is 11.3. The number of likely N-dealkylation sites (tertiary alicyclic amines) is 3. The number of amides is 2. The highest BCUT2D eigenvalue weighted by Gasteiger charge is 2.76. The first-order valence-corrected chi connectivity index (χ1v) is 20.7. The summed E-state index contributed by atoms with van der Waals surface area (Å²) in [6.45, 7) is 14.9. The van der Waals surface area contributed by atoms with E-state index in [0.717, 1.165) is 75.9 Å². The number of hydrogen-bond donors (Lipinski definition) is 1. The topological polar surface area (TPSA) is 73.3 Å². The number of rotatable bonds is 5. The minimum Gasteiger partial charge on any atom is -0.543 e. The summed E-state index contributed by atoms with van der Waals surface area (Å²) in [7, 11) is -2.03. The Labute approximate surface area is 275 Å². The van der Waals surface area contributed by atoms with Crippen molar-refractivity contribution in [1.82, 2.24) is 14.7 Å². The molecule has 246 valence electrons. The van der Waals surface area contributed by atoms with Gasteiger partial charge in [-0.3, -0.25) is 9.69 Å². The minimum absolute atomic E-state index is 0.00993. The lowest BCUT2D eigenvalue weighted by molar-refractivity contribution is -0.104. The van der Waals surface area contributed by atoms with Gasteiger partial charge in [-0.25, -0.2) is 4.79 Å². The molecule has 3 aliphatic carbocycles. The second-order valence-corrected chi connectivity index (χ2v) is 21.7. The lowest BCUT2D eigenvalue weighted by Gasteiger charge is -2.66. The van der Waals surface area contributed by atoms with Crippen LogP contribution in [0, 0.1) is 17.3 Å². The van der Waals surface area contributed by atoms with Crippen molar-refractivity contribution in [3.05, 3.63) is 65.2 Å². The summed E-state index contributed by atoms with van der Waals surface area (Å²) in [4.78, 5) is 32.8. The van der Waals surface area contributed by atoms with Crippen LogP contribution in [0.3, 0.4) is 0 Å². The van der Waals surface area contributed by atoms with E-state index in [4.69, 9.17) is 4.43 Å². The molecule has 0 unspecified atom stereocenters. The summed E-state index contributed by atoms with van der Waals surface area (Å²) in [6, 6.07) is 17.7. The van der Waals surface area contributed by atoms with Gasteiger partial charge in [-0.15, -0.1) is 0 Å². The van der Waals surface area contributed by atoms with Gasteiger partial charge in [-0.2, -0.15) is 0 Å². The summed E-state index contributed by atoms with van der Waals surface area (Å²) < 4.78 is 6.97. The molecule has 7 nitrogen and oxygen atoms in total. The molecule has 0 spiro atoms. The second-order valence-electron chi connectivity index (χ2n) is 17.0. The Morgan fingerprint density at radius 1 is 1.02 bits per heavy atom. The molecule has 4 bridgehead atoms. The average molecular weight is 642 g/mol. The number of benzene rings is 2. The highest BCUT2D eigenvalue weighted by Crippen LogP contribution is 2.75. The third-order valence-electron chi connectivity index (χ3n) is 14.1. The molecule has 0 aromatic heterocycles. The van der Waals surface area contributed by atoms with Gasteiger partial charge in [0.15, 0.2) is 0 Å². The Hall–Kier alpha value is -2.84. The van der Waals surface area contributed by atoms with Gasteiger partial charge in [0.2, 0.25) is 8.32 Å². The molecule has 1 N–H and O–H groups in total. The summed E-state index contributed by atoms with van der Waals surface area (Å²) in [5.41, 5.74) is 3.92. The predicted octanol–water partition coefficient (Wildman–Crippen LogP) is 7.02. The maximum absolute atomic E-state index is 14.0. The van der Waals surface area contributed by atoms with Crippen molar-refractivity contribution in [3.63, 3.8) is 0 Å². The molecule has 2 aromatic rings. The van der Waals surface area contributed by atoms with Crippen LogP contribution in [0.5, 0.6) is 5.75 Å². The summed E-state index contributed by atoms with van der Waals surface area (Å²) in [5, 5.41) is 10.1. The van der Waals surface area contributed by atoms with Crippen molar-refractivity contribution in [2.75, 3.05) is 26.2 Å². The number of nitrogens with zero attached hydrogens (tertiary/aromatic N) is 3. The lowest BCUT2D eigenvalue weighted by atomic mass is 9.43. The molecular weight excluding hydrogens is 591 g/mol. The van der Waals surface area contributed by atoms with Gasteiger partial charge in [0.1, 0.15) is 5.75 Å². The van der Waals surface area contributed by atoms with E-state index in [2.05, 4.69) is 61.9 Å². The molecule has 2 amide bonds. The quantitative estimate of drug-likeness (QED) is 0.355. The summed E-state index contributed by atoms with van der Waals surface area (Å²) in [6.07, 6.45) is 6.60. The molecule has 3 aliphatic heterocycles. The van der Waals surface area contributed by atoms with Crippen LogP contribution < -0.4 is 4.43 Å². The Morgan fingerprint density at radius 3 is 2.54 bits per heavy atom. The van der Waals surface area contributed by atoms with Crippen molar-refractivity contribution in [2.24, 2.45) is 17.3 Å². The largest absolute Gasteiger partial charge is 0.543 e. The maximum atomic E-state index is 14.0. The molecule has 8 heteroatoms. The second kappa shape index (κ2) is 10.3. The molecule has 46 heavy (non-hydrogen) atoms. The van der Waals surface area contributed by atoms with Crippen molar-refractivity contribution < 1.29 is 19.1 Å². The van der Waals surface area contributed by atoms with Crippen LogP contribution in [0.1, 0.15) is 80.8 Å². The van der Waals surface area contributed by atoms with Crippen molar-refractivity contribution in [3.8, 4) is 5.75 Å². The molecule has 3 saturated heterocycles. The van der Waals surface area contributed by atoms with E-state index in [-0.39, 0.29) is 33.9 Å². The predicted molar refractivity (Wildman–Crippen MR) is 182 cm³/mol. The Balaban J connectivity index is 1.21. The number of carboxylic acid groups (broad SMARTS) is 1. The molecule has 2 saturated carbocycles. The van der Waals surface area contributed by atoms with Crippen LogP contribution in [0.4, 0.5) is 4.79 Å². The molecule has 0 radical (unpaired) electrons. The number of hydrogen-bond acceptors (Lipinski definition) is 4. The summed E-state index contributed by atoms with van der Waals surface area (Å²) >= 11 is 0. The molecule has 8 rings (SSSR count). The molecule has 7 atom stereocenters. The van der Waals surface area contributed by atoms with E-state index in [1.165, 1.54) is 11.1 Å². The van der Waals surface area contributed by atoms with E-state index in [0.29, 0.717) is 24.4 Å². The van der Waals surface area contributed by atoms with Crippen LogP contribution in [0.25, 0.3) is 0 Å². The smallest absolute Gasteiger partial charge is 0.407 e. The minimum atomic E-state index is -2.03. The fourth-order valence-corrected chi connectivity index (χ4v) is 12.4. The average Bonchev–Trinajstić information content (AvgIpc) is 3.67. The first-order valence-electron chi connectivity index (χ1n) is 17.8. The zero-order valence-electron chi connectivity index (χ0n) is 28.3. The lowest BCUT2D eigenvalue weighted by Crippen LogP contribution is -2.70. The fraction of sp³-hybridized carbons (Fsp3) is 0.632. The van der Waals surface area contributed by atoms with Crippen molar-refractivity contribution in [2.45, 2.75) is 107 Å². The number of carbonyl (C=O) groups is 2. The first-order chi connectivity index (χ1) is 21.9. The van der Waals surface area contributed by atoms with Gasteiger partial charge in [-0.1, -0.05) is 45.0 Å². The van der Waals surface area contributed by atoms with Crippen LogP contribution in [0.15, 0.2) is 48.5 Å². The van der Waals surface area contributed by atoms with Gasteiger partial charge < -0.3 is 19.3 Å². The highest BCUT2D eigenvalue weighted by molar-refractivity contribution is 6.74. The first kappa shape index (κ1) is 30.5. The number of fused-ring (bicyclic) bond motifs is 1. The van der Waals surface area contributed by atoms with E-state index >= 15 is 0 Å². The molecule has 6 aliphatic rings. The van der Waals surface area contributed by atoms with Gasteiger partial charge in [0.05, 0.1) is 0 Å². The normalized spacial score (nSPS) is 34.8. The van der Waals surface area contributed by atoms with E-state index in [1.807, 2.05) is 30.3 Å². The van der Waals surface area contributed by atoms with Gasteiger partial charge in [0.25, 0.3) is 5.91 Å².